The highest BCUT2D eigenvalue weighted by atomic mass is 19.4. The van der Waals surface area contributed by atoms with Crippen LogP contribution < -0.4 is 0 Å². The van der Waals surface area contributed by atoms with Crippen LogP contribution in [0.4, 0.5) is 17.6 Å². The maximum absolute atomic E-state index is 11.8. The van der Waals surface area contributed by atoms with Gasteiger partial charge in [0.25, 0.3) is 0 Å². The molecule has 0 fully saturated rings. The van der Waals surface area contributed by atoms with Crippen LogP contribution in [0.15, 0.2) is 0 Å². The SMILES string of the molecule is CN(C)C(F)C(F)(F)F. The summed E-state index contributed by atoms with van der Waals surface area (Å²) in [6.07, 6.45) is -7.61. The van der Waals surface area contributed by atoms with Crippen LogP contribution in [0, 0.1) is 0 Å². The average Bonchev–Trinajstić information content (AvgIpc) is 1.62. The standard InChI is InChI=1S/C4H7F4N/c1-9(2)3(5)4(6,7)8/h3H,1-2H3. The molecule has 0 aliphatic heterocycles. The lowest BCUT2D eigenvalue weighted by molar-refractivity contribution is -0.215. The van der Waals surface area contributed by atoms with E-state index in [1.807, 2.05) is 0 Å². The Morgan fingerprint density at radius 1 is 1.22 bits per heavy atom. The zero-order valence-corrected chi connectivity index (χ0v) is 5.04. The molecule has 1 unspecified atom stereocenters. The summed E-state index contributed by atoms with van der Waals surface area (Å²) in [5.74, 6) is 0. The Morgan fingerprint density at radius 3 is 1.56 bits per heavy atom. The Hall–Kier alpha value is -0.320. The van der Waals surface area contributed by atoms with Crippen molar-refractivity contribution in [3.63, 3.8) is 0 Å². The highest BCUT2D eigenvalue weighted by molar-refractivity contribution is 4.60. The first-order valence-corrected chi connectivity index (χ1v) is 2.23. The van der Waals surface area contributed by atoms with Crippen LogP contribution in [-0.2, 0) is 0 Å². The van der Waals surface area contributed by atoms with E-state index in [2.05, 4.69) is 0 Å². The minimum Gasteiger partial charge on any atom is -0.272 e. The molecule has 0 aliphatic carbocycles. The summed E-state index contributed by atoms with van der Waals surface area (Å²) in [5, 5.41) is 0. The lowest BCUT2D eigenvalue weighted by atomic mass is 10.5. The molecule has 1 atom stereocenters. The molecule has 0 amide bonds. The van der Waals surface area contributed by atoms with Crippen molar-refractivity contribution in [1.82, 2.24) is 4.90 Å². The molecule has 0 radical (unpaired) electrons. The van der Waals surface area contributed by atoms with E-state index >= 15 is 0 Å². The van der Waals surface area contributed by atoms with E-state index in [-0.39, 0.29) is 0 Å². The van der Waals surface area contributed by atoms with Crippen LogP contribution in [0.3, 0.4) is 0 Å². The fraction of sp³-hybridized carbons (Fsp3) is 1.00. The molecule has 0 aromatic rings. The zero-order valence-electron chi connectivity index (χ0n) is 5.04. The summed E-state index contributed by atoms with van der Waals surface area (Å²) >= 11 is 0. The van der Waals surface area contributed by atoms with Gasteiger partial charge >= 0.3 is 6.18 Å². The van der Waals surface area contributed by atoms with Gasteiger partial charge in [0, 0.05) is 0 Å². The number of rotatable bonds is 1. The second-order valence-corrected chi connectivity index (χ2v) is 1.84. The first kappa shape index (κ1) is 8.68. The molecular weight excluding hydrogens is 138 g/mol. The monoisotopic (exact) mass is 145 g/mol. The van der Waals surface area contributed by atoms with Crippen molar-refractivity contribution in [3.05, 3.63) is 0 Å². The molecule has 0 heterocycles. The van der Waals surface area contributed by atoms with Crippen LogP contribution in [0.5, 0.6) is 0 Å². The molecule has 56 valence electrons. The van der Waals surface area contributed by atoms with Crippen molar-refractivity contribution >= 4 is 0 Å². The quantitative estimate of drug-likeness (QED) is 0.398. The Balaban J connectivity index is 3.88. The molecule has 9 heavy (non-hydrogen) atoms. The van der Waals surface area contributed by atoms with Gasteiger partial charge in [0.15, 0.2) is 0 Å². The summed E-state index contributed by atoms with van der Waals surface area (Å²) in [6.45, 7) is 0. The maximum Gasteiger partial charge on any atom is 0.433 e. The van der Waals surface area contributed by atoms with Crippen molar-refractivity contribution in [1.29, 1.82) is 0 Å². The van der Waals surface area contributed by atoms with Crippen molar-refractivity contribution < 1.29 is 17.6 Å². The van der Waals surface area contributed by atoms with E-state index in [9.17, 15) is 17.6 Å². The van der Waals surface area contributed by atoms with Crippen LogP contribution in [0.2, 0.25) is 0 Å². The fourth-order valence-corrected chi connectivity index (χ4v) is 0.293. The molecule has 5 heteroatoms. The maximum atomic E-state index is 11.8. The van der Waals surface area contributed by atoms with E-state index in [0.717, 1.165) is 14.1 Å². The highest BCUT2D eigenvalue weighted by Crippen LogP contribution is 2.23. The van der Waals surface area contributed by atoms with E-state index in [1.165, 1.54) is 0 Å². The predicted molar refractivity (Wildman–Crippen MR) is 24.6 cm³/mol. The van der Waals surface area contributed by atoms with Crippen LogP contribution in [-0.4, -0.2) is 31.5 Å². The van der Waals surface area contributed by atoms with Crippen molar-refractivity contribution in [2.45, 2.75) is 12.5 Å². The molecule has 0 saturated heterocycles. The molecule has 0 N–H and O–H groups in total. The second kappa shape index (κ2) is 2.51. The third-order valence-corrected chi connectivity index (χ3v) is 0.723. The van der Waals surface area contributed by atoms with Gasteiger partial charge in [-0.2, -0.15) is 13.2 Å². The minimum atomic E-state index is -4.76. The summed E-state index contributed by atoms with van der Waals surface area (Å²) in [7, 11) is 2.05. The van der Waals surface area contributed by atoms with E-state index < -0.39 is 12.5 Å². The predicted octanol–water partition coefficient (Wildman–Crippen LogP) is 1.41. The number of hydrogen-bond acceptors (Lipinski definition) is 1. The number of hydrogen-bond donors (Lipinski definition) is 0. The molecule has 0 aromatic heterocycles. The van der Waals surface area contributed by atoms with Crippen molar-refractivity contribution in [2.24, 2.45) is 0 Å². The first-order valence-electron chi connectivity index (χ1n) is 2.23. The smallest absolute Gasteiger partial charge is 0.272 e. The fourth-order valence-electron chi connectivity index (χ4n) is 0.293. The molecule has 0 bridgehead atoms. The largest absolute Gasteiger partial charge is 0.433 e. The van der Waals surface area contributed by atoms with Crippen LogP contribution >= 0.6 is 0 Å². The van der Waals surface area contributed by atoms with Gasteiger partial charge in [-0.05, 0) is 14.1 Å². The van der Waals surface area contributed by atoms with E-state index in [0.29, 0.717) is 4.90 Å². The molecule has 0 saturated carbocycles. The third kappa shape index (κ3) is 2.64. The second-order valence-electron chi connectivity index (χ2n) is 1.84. The number of alkyl halides is 4. The van der Waals surface area contributed by atoms with Crippen molar-refractivity contribution in [3.8, 4) is 0 Å². The average molecular weight is 145 g/mol. The van der Waals surface area contributed by atoms with Gasteiger partial charge in [0.2, 0.25) is 6.30 Å². The minimum absolute atomic E-state index is 0.458. The van der Waals surface area contributed by atoms with Gasteiger partial charge in [-0.25, -0.2) is 4.39 Å². The van der Waals surface area contributed by atoms with E-state index in [1.54, 1.807) is 0 Å². The third-order valence-electron chi connectivity index (χ3n) is 0.723. The van der Waals surface area contributed by atoms with Crippen molar-refractivity contribution in [2.75, 3.05) is 14.1 Å². The first-order chi connectivity index (χ1) is 3.85. The Labute approximate surface area is 50.3 Å². The summed E-state index contributed by atoms with van der Waals surface area (Å²) in [5.41, 5.74) is 0. The number of nitrogens with zero attached hydrogens (tertiary/aromatic N) is 1. The Kier molecular flexibility index (Phi) is 2.42. The molecule has 0 rings (SSSR count). The lowest BCUT2D eigenvalue weighted by Crippen LogP contribution is -2.37. The Morgan fingerprint density at radius 2 is 1.56 bits per heavy atom. The van der Waals surface area contributed by atoms with Gasteiger partial charge in [0.05, 0.1) is 0 Å². The number of halogens is 4. The van der Waals surface area contributed by atoms with Gasteiger partial charge in [-0.3, -0.25) is 4.90 Å². The molecule has 0 aliphatic rings. The van der Waals surface area contributed by atoms with Gasteiger partial charge in [-0.15, -0.1) is 0 Å². The topological polar surface area (TPSA) is 3.24 Å². The summed E-state index contributed by atoms with van der Waals surface area (Å²) in [6, 6.07) is 0. The van der Waals surface area contributed by atoms with Gasteiger partial charge < -0.3 is 0 Å². The summed E-state index contributed by atoms with van der Waals surface area (Å²) < 4.78 is 45.7. The zero-order chi connectivity index (χ0) is 7.65. The highest BCUT2D eigenvalue weighted by Gasteiger charge is 2.41. The van der Waals surface area contributed by atoms with Gasteiger partial charge in [-0.1, -0.05) is 0 Å². The van der Waals surface area contributed by atoms with Gasteiger partial charge in [0.1, 0.15) is 0 Å². The molecule has 0 spiro atoms. The Bertz CT molecular complexity index is 87.1. The lowest BCUT2D eigenvalue weighted by Gasteiger charge is -2.18. The normalized spacial score (nSPS) is 16.3. The molecule has 1 nitrogen and oxygen atoms in total. The molecule has 0 aromatic carbocycles. The van der Waals surface area contributed by atoms with E-state index in [4.69, 9.17) is 0 Å². The molecular formula is C4H7F4N. The van der Waals surface area contributed by atoms with Crippen LogP contribution in [0.1, 0.15) is 0 Å². The summed E-state index contributed by atoms with van der Waals surface area (Å²) in [4.78, 5) is 0.458. The van der Waals surface area contributed by atoms with Crippen LogP contribution in [0.25, 0.3) is 0 Å².